The standard InChI is InChI=1S/C12H15N3S3/c1-3-10-14-15-12(18-10)13-9-6-7(2)17-11-8(9)4-5-16-11/h4-5,7,9H,3,6H2,1-2H3,(H,13,15)/t7-,9?/m0/s1. The highest BCUT2D eigenvalue weighted by Gasteiger charge is 2.26. The third-order valence-corrected chi connectivity index (χ3v) is 6.32. The van der Waals surface area contributed by atoms with Crippen molar-refractivity contribution in [3.8, 4) is 0 Å². The molecule has 0 bridgehead atoms. The Morgan fingerprint density at radius 1 is 1.44 bits per heavy atom. The van der Waals surface area contributed by atoms with Crippen LogP contribution in [-0.4, -0.2) is 15.4 Å². The lowest BCUT2D eigenvalue weighted by Crippen LogP contribution is -2.18. The first-order valence-corrected chi connectivity index (χ1v) is 8.66. The average molecular weight is 297 g/mol. The molecule has 2 aromatic heterocycles. The van der Waals surface area contributed by atoms with Crippen molar-refractivity contribution < 1.29 is 0 Å². The number of hydrogen-bond donors (Lipinski definition) is 1. The Balaban J connectivity index is 1.81. The summed E-state index contributed by atoms with van der Waals surface area (Å²) in [6.07, 6.45) is 2.11. The molecule has 3 nitrogen and oxygen atoms in total. The number of thioether (sulfide) groups is 1. The number of rotatable bonds is 3. The zero-order valence-corrected chi connectivity index (χ0v) is 12.8. The van der Waals surface area contributed by atoms with Crippen molar-refractivity contribution in [1.82, 2.24) is 10.2 Å². The van der Waals surface area contributed by atoms with Gasteiger partial charge in [-0.15, -0.1) is 33.3 Å². The zero-order valence-electron chi connectivity index (χ0n) is 10.3. The van der Waals surface area contributed by atoms with Crippen molar-refractivity contribution >= 4 is 39.6 Å². The van der Waals surface area contributed by atoms with Crippen LogP contribution in [0.15, 0.2) is 15.7 Å². The molecule has 0 spiro atoms. The lowest BCUT2D eigenvalue weighted by Gasteiger charge is -2.27. The zero-order chi connectivity index (χ0) is 12.5. The van der Waals surface area contributed by atoms with E-state index < -0.39 is 0 Å². The van der Waals surface area contributed by atoms with Gasteiger partial charge in [-0.3, -0.25) is 0 Å². The van der Waals surface area contributed by atoms with E-state index in [1.54, 1.807) is 11.3 Å². The minimum absolute atomic E-state index is 0.389. The van der Waals surface area contributed by atoms with Crippen LogP contribution >= 0.6 is 34.4 Å². The number of nitrogens with one attached hydrogen (secondary N) is 1. The Morgan fingerprint density at radius 3 is 3.11 bits per heavy atom. The van der Waals surface area contributed by atoms with Gasteiger partial charge in [0.2, 0.25) is 5.13 Å². The summed E-state index contributed by atoms with van der Waals surface area (Å²) < 4.78 is 1.45. The van der Waals surface area contributed by atoms with E-state index in [0.29, 0.717) is 11.3 Å². The monoisotopic (exact) mass is 297 g/mol. The van der Waals surface area contributed by atoms with Crippen LogP contribution in [0.1, 0.15) is 36.9 Å². The predicted molar refractivity (Wildman–Crippen MR) is 79.9 cm³/mol. The maximum atomic E-state index is 4.22. The molecule has 1 aliphatic heterocycles. The molecule has 1 unspecified atom stereocenters. The average Bonchev–Trinajstić information content (AvgIpc) is 2.97. The Bertz CT molecular complexity index is 534. The number of fused-ring (bicyclic) bond motifs is 1. The number of anilines is 1. The summed E-state index contributed by atoms with van der Waals surface area (Å²) in [7, 11) is 0. The van der Waals surface area contributed by atoms with Crippen LogP contribution in [0.3, 0.4) is 0 Å². The summed E-state index contributed by atoms with van der Waals surface area (Å²) in [5, 5.41) is 16.8. The molecule has 1 aliphatic rings. The van der Waals surface area contributed by atoms with Crippen molar-refractivity contribution in [2.24, 2.45) is 0 Å². The first-order chi connectivity index (χ1) is 8.76. The molecule has 0 amide bonds. The molecule has 0 saturated carbocycles. The maximum absolute atomic E-state index is 4.22. The molecule has 1 N–H and O–H groups in total. The Hall–Kier alpha value is -0.590. The van der Waals surface area contributed by atoms with Gasteiger partial charge in [-0.2, -0.15) is 0 Å². The van der Waals surface area contributed by atoms with E-state index in [1.165, 1.54) is 9.77 Å². The quantitative estimate of drug-likeness (QED) is 0.921. The third-order valence-electron chi connectivity index (χ3n) is 2.98. The van der Waals surface area contributed by atoms with Gasteiger partial charge in [0.15, 0.2) is 0 Å². The lowest BCUT2D eigenvalue weighted by atomic mass is 10.1. The third kappa shape index (κ3) is 2.41. The molecule has 0 fully saturated rings. The second-order valence-electron chi connectivity index (χ2n) is 4.38. The molecule has 0 saturated heterocycles. The highest BCUT2D eigenvalue weighted by atomic mass is 32.2. The maximum Gasteiger partial charge on any atom is 0.206 e. The summed E-state index contributed by atoms with van der Waals surface area (Å²) in [4.78, 5) is 0. The molecule has 96 valence electrons. The Labute approximate surface area is 119 Å². The Kier molecular flexibility index (Phi) is 3.59. The van der Waals surface area contributed by atoms with E-state index in [2.05, 4.69) is 40.8 Å². The topological polar surface area (TPSA) is 37.8 Å². The molecule has 6 heteroatoms. The van der Waals surface area contributed by atoms with E-state index in [0.717, 1.165) is 23.0 Å². The van der Waals surface area contributed by atoms with Crippen molar-refractivity contribution in [1.29, 1.82) is 0 Å². The van der Waals surface area contributed by atoms with Gasteiger partial charge in [0, 0.05) is 5.25 Å². The second-order valence-corrected chi connectivity index (χ2v) is 8.06. The molecule has 2 aromatic rings. The summed E-state index contributed by atoms with van der Waals surface area (Å²) in [5.41, 5.74) is 1.43. The van der Waals surface area contributed by atoms with Crippen LogP contribution in [0.4, 0.5) is 5.13 Å². The summed E-state index contributed by atoms with van der Waals surface area (Å²) in [6.45, 7) is 4.40. The van der Waals surface area contributed by atoms with Gasteiger partial charge in [-0.25, -0.2) is 0 Å². The smallest absolute Gasteiger partial charge is 0.206 e. The van der Waals surface area contributed by atoms with Crippen LogP contribution in [-0.2, 0) is 6.42 Å². The second kappa shape index (κ2) is 5.19. The van der Waals surface area contributed by atoms with E-state index in [-0.39, 0.29) is 0 Å². The molecule has 0 radical (unpaired) electrons. The van der Waals surface area contributed by atoms with E-state index in [1.807, 2.05) is 23.1 Å². The van der Waals surface area contributed by atoms with Gasteiger partial charge in [-0.1, -0.05) is 25.2 Å². The van der Waals surface area contributed by atoms with Crippen LogP contribution in [0.2, 0.25) is 0 Å². The fourth-order valence-electron chi connectivity index (χ4n) is 2.09. The van der Waals surface area contributed by atoms with Crippen LogP contribution in [0.25, 0.3) is 0 Å². The van der Waals surface area contributed by atoms with E-state index in [4.69, 9.17) is 0 Å². The van der Waals surface area contributed by atoms with Gasteiger partial charge in [-0.05, 0) is 29.9 Å². The molecule has 2 atom stereocenters. The minimum atomic E-state index is 0.389. The molecule has 0 aliphatic carbocycles. The number of aromatic nitrogens is 2. The van der Waals surface area contributed by atoms with Crippen molar-refractivity contribution in [3.63, 3.8) is 0 Å². The molecule has 3 rings (SSSR count). The van der Waals surface area contributed by atoms with Crippen LogP contribution in [0, 0.1) is 0 Å². The number of thiophene rings is 1. The van der Waals surface area contributed by atoms with Gasteiger partial charge in [0.25, 0.3) is 0 Å². The molecule has 0 aromatic carbocycles. The minimum Gasteiger partial charge on any atom is -0.353 e. The highest BCUT2D eigenvalue weighted by molar-refractivity contribution is 8.01. The van der Waals surface area contributed by atoms with E-state index >= 15 is 0 Å². The molecule has 3 heterocycles. The van der Waals surface area contributed by atoms with Gasteiger partial charge in [0.05, 0.1) is 10.3 Å². The molecule has 18 heavy (non-hydrogen) atoms. The van der Waals surface area contributed by atoms with Gasteiger partial charge < -0.3 is 5.32 Å². The van der Waals surface area contributed by atoms with Crippen molar-refractivity contribution in [2.45, 2.75) is 42.2 Å². The number of nitrogens with zero attached hydrogens (tertiary/aromatic N) is 2. The molecular formula is C12H15N3S3. The normalized spacial score (nSPS) is 22.8. The van der Waals surface area contributed by atoms with Gasteiger partial charge >= 0.3 is 0 Å². The summed E-state index contributed by atoms with van der Waals surface area (Å²) in [6, 6.07) is 2.62. The summed E-state index contributed by atoms with van der Waals surface area (Å²) in [5.74, 6) is 0. The van der Waals surface area contributed by atoms with Crippen molar-refractivity contribution in [3.05, 3.63) is 22.0 Å². The first-order valence-electron chi connectivity index (χ1n) is 6.09. The van der Waals surface area contributed by atoms with Crippen LogP contribution in [0.5, 0.6) is 0 Å². The fourth-order valence-corrected chi connectivity index (χ4v) is 5.39. The largest absolute Gasteiger partial charge is 0.353 e. The fraction of sp³-hybridized carbons (Fsp3) is 0.500. The number of aryl methyl sites for hydroxylation is 1. The van der Waals surface area contributed by atoms with Gasteiger partial charge in [0.1, 0.15) is 5.01 Å². The highest BCUT2D eigenvalue weighted by Crippen LogP contribution is 2.45. The molecular weight excluding hydrogens is 282 g/mol. The van der Waals surface area contributed by atoms with Crippen LogP contribution < -0.4 is 5.32 Å². The first kappa shape index (κ1) is 12.4. The lowest BCUT2D eigenvalue weighted by molar-refractivity contribution is 0.668. The van der Waals surface area contributed by atoms with E-state index in [9.17, 15) is 0 Å². The van der Waals surface area contributed by atoms with Crippen molar-refractivity contribution in [2.75, 3.05) is 5.32 Å². The summed E-state index contributed by atoms with van der Waals surface area (Å²) >= 11 is 5.50. The Morgan fingerprint density at radius 2 is 2.33 bits per heavy atom. The SMILES string of the molecule is CCc1nnc(NC2C[C@H](C)Sc3sccc32)s1. The number of hydrogen-bond acceptors (Lipinski definition) is 6. The predicted octanol–water partition coefficient (Wildman–Crippen LogP) is 4.20.